The van der Waals surface area contributed by atoms with Crippen molar-refractivity contribution in [1.82, 2.24) is 15.1 Å². The Labute approximate surface area is 121 Å². The zero-order chi connectivity index (χ0) is 14.7. The molecule has 0 bridgehead atoms. The summed E-state index contributed by atoms with van der Waals surface area (Å²) in [6.07, 6.45) is 7.13. The summed E-state index contributed by atoms with van der Waals surface area (Å²) in [5.74, 6) is 0.776. The van der Waals surface area contributed by atoms with Crippen LogP contribution < -0.4 is 5.32 Å². The maximum atomic E-state index is 12.4. The van der Waals surface area contributed by atoms with Gasteiger partial charge in [0.25, 0.3) is 0 Å². The van der Waals surface area contributed by atoms with Gasteiger partial charge in [-0.3, -0.25) is 9.59 Å². The Balaban J connectivity index is 1.87. The lowest BCUT2D eigenvalue weighted by atomic mass is 9.77. The van der Waals surface area contributed by atoms with E-state index < -0.39 is 0 Å². The highest BCUT2D eigenvalue weighted by Gasteiger charge is 2.35. The maximum Gasteiger partial charge on any atom is 0.241 e. The Morgan fingerprint density at radius 1 is 1.05 bits per heavy atom. The van der Waals surface area contributed by atoms with Crippen LogP contribution in [0.15, 0.2) is 0 Å². The van der Waals surface area contributed by atoms with Gasteiger partial charge in [-0.1, -0.05) is 12.8 Å². The average molecular weight is 281 g/mol. The molecule has 2 amide bonds. The Morgan fingerprint density at radius 3 is 2.45 bits per heavy atom. The maximum absolute atomic E-state index is 12.4. The van der Waals surface area contributed by atoms with Crippen LogP contribution in [-0.2, 0) is 9.59 Å². The number of hydrogen-bond acceptors (Lipinski definition) is 3. The van der Waals surface area contributed by atoms with Crippen LogP contribution in [-0.4, -0.2) is 61.4 Å². The lowest BCUT2D eigenvalue weighted by Crippen LogP contribution is -2.56. The summed E-state index contributed by atoms with van der Waals surface area (Å²) in [6.45, 7) is 0.165. The van der Waals surface area contributed by atoms with Crippen LogP contribution >= 0.6 is 0 Å². The van der Waals surface area contributed by atoms with Gasteiger partial charge in [-0.05, 0) is 31.6 Å². The zero-order valence-corrected chi connectivity index (χ0v) is 12.9. The van der Waals surface area contributed by atoms with Crippen LogP contribution in [0.3, 0.4) is 0 Å². The molecule has 2 aliphatic rings. The van der Waals surface area contributed by atoms with Gasteiger partial charge in [0, 0.05) is 27.2 Å². The van der Waals surface area contributed by atoms with Gasteiger partial charge in [0.2, 0.25) is 11.8 Å². The van der Waals surface area contributed by atoms with Crippen LogP contribution in [0.25, 0.3) is 0 Å². The van der Waals surface area contributed by atoms with E-state index in [0.717, 1.165) is 18.8 Å². The molecule has 5 heteroatoms. The number of nitrogens with one attached hydrogen (secondary N) is 1. The standard InChI is InChI=1S/C15H27N3O2/c1-17(2)14(19)10-18(3)15(20)13-9-8-11-6-4-5-7-12(11)16-13/h11-13,16H,4-10H2,1-3H3. The largest absolute Gasteiger partial charge is 0.347 e. The Kier molecular flexibility index (Phi) is 5.02. The van der Waals surface area contributed by atoms with E-state index in [9.17, 15) is 9.59 Å². The lowest BCUT2D eigenvalue weighted by Gasteiger charge is -2.40. The summed E-state index contributed by atoms with van der Waals surface area (Å²) in [7, 11) is 5.15. The normalized spacial score (nSPS) is 29.4. The molecule has 3 unspecified atom stereocenters. The van der Waals surface area contributed by atoms with Gasteiger partial charge >= 0.3 is 0 Å². The second kappa shape index (κ2) is 6.57. The van der Waals surface area contributed by atoms with Gasteiger partial charge in [-0.2, -0.15) is 0 Å². The van der Waals surface area contributed by atoms with Crippen LogP contribution in [0.4, 0.5) is 0 Å². The Bertz CT molecular complexity index is 370. The van der Waals surface area contributed by atoms with Gasteiger partial charge in [0.15, 0.2) is 0 Å². The van der Waals surface area contributed by atoms with Crippen LogP contribution in [0.2, 0.25) is 0 Å². The number of carbonyl (C=O) groups excluding carboxylic acids is 2. The molecule has 2 fully saturated rings. The fourth-order valence-electron chi connectivity index (χ4n) is 3.38. The topological polar surface area (TPSA) is 52.7 Å². The van der Waals surface area contributed by atoms with Gasteiger partial charge in [0.1, 0.15) is 0 Å². The van der Waals surface area contributed by atoms with E-state index >= 15 is 0 Å². The van der Waals surface area contributed by atoms with E-state index in [2.05, 4.69) is 5.32 Å². The van der Waals surface area contributed by atoms with Crippen molar-refractivity contribution in [1.29, 1.82) is 0 Å². The Hall–Kier alpha value is -1.10. The highest BCUT2D eigenvalue weighted by Crippen LogP contribution is 2.32. The van der Waals surface area contributed by atoms with Gasteiger partial charge < -0.3 is 15.1 Å². The summed E-state index contributed by atoms with van der Waals surface area (Å²) < 4.78 is 0. The molecule has 1 saturated carbocycles. The third kappa shape index (κ3) is 3.51. The average Bonchev–Trinajstić information content (AvgIpc) is 2.45. The molecule has 1 aliphatic heterocycles. The van der Waals surface area contributed by atoms with Crippen molar-refractivity contribution in [2.75, 3.05) is 27.7 Å². The van der Waals surface area contributed by atoms with Crippen LogP contribution in [0, 0.1) is 5.92 Å². The summed E-state index contributed by atoms with van der Waals surface area (Å²) in [4.78, 5) is 27.2. The first-order valence-corrected chi connectivity index (χ1v) is 7.70. The summed E-state index contributed by atoms with van der Waals surface area (Å²) in [5, 5.41) is 3.52. The minimum absolute atomic E-state index is 0.0350. The SMILES string of the molecule is CN(C)C(=O)CN(C)C(=O)C1CCC2CCCCC2N1. The smallest absolute Gasteiger partial charge is 0.241 e. The van der Waals surface area contributed by atoms with E-state index in [1.54, 1.807) is 26.0 Å². The molecule has 0 aromatic rings. The second-order valence-corrected chi connectivity index (χ2v) is 6.43. The third-order valence-corrected chi connectivity index (χ3v) is 4.70. The minimum atomic E-state index is -0.102. The fraction of sp³-hybridized carbons (Fsp3) is 0.867. The zero-order valence-electron chi connectivity index (χ0n) is 12.9. The third-order valence-electron chi connectivity index (χ3n) is 4.70. The van der Waals surface area contributed by atoms with E-state index in [1.165, 1.54) is 30.6 Å². The van der Waals surface area contributed by atoms with Crippen molar-refractivity contribution >= 4 is 11.8 Å². The van der Waals surface area contributed by atoms with Crippen molar-refractivity contribution in [2.24, 2.45) is 5.92 Å². The molecule has 2 rings (SSSR count). The summed E-state index contributed by atoms with van der Waals surface area (Å²) >= 11 is 0. The van der Waals surface area contributed by atoms with Gasteiger partial charge in [-0.25, -0.2) is 0 Å². The number of hydrogen-bond donors (Lipinski definition) is 1. The summed E-state index contributed by atoms with van der Waals surface area (Å²) in [5.41, 5.74) is 0. The van der Waals surface area contributed by atoms with E-state index in [-0.39, 0.29) is 24.4 Å². The van der Waals surface area contributed by atoms with E-state index in [1.807, 2.05) is 0 Å². The van der Waals surface area contributed by atoms with Gasteiger partial charge in [-0.15, -0.1) is 0 Å². The number of piperidine rings is 1. The molecule has 0 spiro atoms. The van der Waals surface area contributed by atoms with E-state index in [4.69, 9.17) is 0 Å². The first-order chi connectivity index (χ1) is 9.49. The van der Waals surface area contributed by atoms with Crippen molar-refractivity contribution in [3.8, 4) is 0 Å². The van der Waals surface area contributed by atoms with Gasteiger partial charge in [0.05, 0.1) is 12.6 Å². The molecule has 5 nitrogen and oxygen atoms in total. The molecule has 0 aromatic heterocycles. The molecule has 3 atom stereocenters. The monoisotopic (exact) mass is 281 g/mol. The molecule has 1 N–H and O–H groups in total. The quantitative estimate of drug-likeness (QED) is 0.834. The molecule has 20 heavy (non-hydrogen) atoms. The van der Waals surface area contributed by atoms with Crippen molar-refractivity contribution < 1.29 is 9.59 Å². The molecule has 0 radical (unpaired) electrons. The highest BCUT2D eigenvalue weighted by molar-refractivity contribution is 5.87. The lowest BCUT2D eigenvalue weighted by molar-refractivity contribution is -0.140. The van der Waals surface area contributed by atoms with Crippen LogP contribution in [0.5, 0.6) is 0 Å². The van der Waals surface area contributed by atoms with Crippen molar-refractivity contribution in [3.05, 3.63) is 0 Å². The van der Waals surface area contributed by atoms with Crippen molar-refractivity contribution in [3.63, 3.8) is 0 Å². The molecule has 0 aromatic carbocycles. The number of carbonyl (C=O) groups is 2. The molecule has 1 heterocycles. The highest BCUT2D eigenvalue weighted by atomic mass is 16.2. The first-order valence-electron chi connectivity index (χ1n) is 7.70. The molecular weight excluding hydrogens is 254 g/mol. The predicted molar refractivity (Wildman–Crippen MR) is 78.2 cm³/mol. The second-order valence-electron chi connectivity index (χ2n) is 6.43. The first kappa shape index (κ1) is 15.3. The number of amides is 2. The Morgan fingerprint density at radius 2 is 1.75 bits per heavy atom. The predicted octanol–water partition coefficient (Wildman–Crippen LogP) is 0.844. The number of likely N-dealkylation sites (N-methyl/N-ethyl adjacent to an activating group) is 2. The fourth-order valence-corrected chi connectivity index (χ4v) is 3.38. The van der Waals surface area contributed by atoms with Crippen LogP contribution in [0.1, 0.15) is 38.5 Å². The van der Waals surface area contributed by atoms with E-state index in [0.29, 0.717) is 6.04 Å². The molecular formula is C15H27N3O2. The number of fused-ring (bicyclic) bond motifs is 1. The van der Waals surface area contributed by atoms with Crippen molar-refractivity contribution in [2.45, 2.75) is 50.6 Å². The molecule has 1 aliphatic carbocycles. The molecule has 1 saturated heterocycles. The number of nitrogens with zero attached hydrogens (tertiary/aromatic N) is 2. The molecule has 114 valence electrons. The number of rotatable bonds is 3. The summed E-state index contributed by atoms with van der Waals surface area (Å²) in [6, 6.07) is 0.402. The minimum Gasteiger partial charge on any atom is -0.347 e.